The summed E-state index contributed by atoms with van der Waals surface area (Å²) in [6.45, 7) is 4.91. The van der Waals surface area contributed by atoms with Gasteiger partial charge in [0, 0.05) is 31.2 Å². The van der Waals surface area contributed by atoms with Gasteiger partial charge < -0.3 is 4.90 Å². The van der Waals surface area contributed by atoms with E-state index in [0.29, 0.717) is 18.0 Å². The lowest BCUT2D eigenvalue weighted by atomic mass is 9.94. The van der Waals surface area contributed by atoms with Gasteiger partial charge >= 0.3 is 11.9 Å². The van der Waals surface area contributed by atoms with Crippen LogP contribution in [0.5, 0.6) is 0 Å². The molecule has 0 bridgehead atoms. The first-order valence-electron chi connectivity index (χ1n) is 11.5. The van der Waals surface area contributed by atoms with E-state index in [1.807, 2.05) is 31.2 Å². The number of piperidine rings is 1. The van der Waals surface area contributed by atoms with Gasteiger partial charge in [-0.25, -0.2) is 4.79 Å². The highest BCUT2D eigenvalue weighted by Crippen LogP contribution is 2.59. The fraction of sp³-hybridized carbons (Fsp3) is 0.385. The molecular weight excluding hydrogens is 479 g/mol. The largest absolute Gasteiger partial charge is 0.416 e. The molecular formula is C26H27ClF3N3O2. The molecule has 1 N–H and O–H groups in total. The summed E-state index contributed by atoms with van der Waals surface area (Å²) < 4.78 is 40.2. The van der Waals surface area contributed by atoms with Crippen LogP contribution in [-0.2, 0) is 18.1 Å². The number of aryl methyl sites for hydroxylation is 2. The zero-order valence-corrected chi connectivity index (χ0v) is 20.1. The summed E-state index contributed by atoms with van der Waals surface area (Å²) >= 11 is 0. The van der Waals surface area contributed by atoms with Crippen LogP contribution in [-0.4, -0.2) is 34.1 Å². The highest BCUT2D eigenvalue weighted by molar-refractivity contribution is 5.85. The van der Waals surface area contributed by atoms with E-state index >= 15 is 0 Å². The van der Waals surface area contributed by atoms with E-state index in [1.54, 1.807) is 22.9 Å². The van der Waals surface area contributed by atoms with E-state index in [-0.39, 0.29) is 17.8 Å². The van der Waals surface area contributed by atoms with E-state index in [4.69, 9.17) is 0 Å². The lowest BCUT2D eigenvalue weighted by Gasteiger charge is -2.21. The topological polar surface area (TPSA) is 58.1 Å². The lowest BCUT2D eigenvalue weighted by molar-refractivity contribution is -0.137. The summed E-state index contributed by atoms with van der Waals surface area (Å²) in [5.41, 5.74) is 1.74. The first kappa shape index (κ1) is 25.3. The van der Waals surface area contributed by atoms with E-state index in [0.717, 1.165) is 49.2 Å². The predicted octanol–water partition coefficient (Wildman–Crippen LogP) is 4.62. The van der Waals surface area contributed by atoms with Gasteiger partial charge in [0.2, 0.25) is 0 Å². The third-order valence-electron chi connectivity index (χ3n) is 7.32. The van der Waals surface area contributed by atoms with Gasteiger partial charge in [-0.3, -0.25) is 14.3 Å². The van der Waals surface area contributed by atoms with Crippen LogP contribution in [0.15, 0.2) is 64.3 Å². The first-order chi connectivity index (χ1) is 16.2. The van der Waals surface area contributed by atoms with Gasteiger partial charge in [0.05, 0.1) is 11.1 Å². The Bertz CT molecular complexity index is 1330. The SMILES string of the molecule is Cc1ccccc1-c1cn(CCCN2C[C@@H]3C[C@]3(c3ccc(C(F)(F)F)cc3)C2)c(=O)[nH]c1=O.Cl. The monoisotopic (exact) mass is 505 g/mol. The molecule has 0 amide bonds. The van der Waals surface area contributed by atoms with Crippen LogP contribution in [0.4, 0.5) is 13.2 Å². The van der Waals surface area contributed by atoms with E-state index in [1.165, 1.54) is 12.1 Å². The molecule has 1 saturated carbocycles. The van der Waals surface area contributed by atoms with Crippen LogP contribution in [0, 0.1) is 12.8 Å². The molecule has 186 valence electrons. The number of likely N-dealkylation sites (tertiary alicyclic amines) is 1. The van der Waals surface area contributed by atoms with Crippen LogP contribution in [0.1, 0.15) is 29.5 Å². The van der Waals surface area contributed by atoms with E-state index < -0.39 is 23.0 Å². The maximum atomic E-state index is 12.9. The maximum Gasteiger partial charge on any atom is 0.416 e. The number of hydrogen-bond donors (Lipinski definition) is 1. The van der Waals surface area contributed by atoms with Crippen LogP contribution in [0.2, 0.25) is 0 Å². The third kappa shape index (κ3) is 4.82. The molecule has 2 atom stereocenters. The summed E-state index contributed by atoms with van der Waals surface area (Å²) in [6.07, 6.45) is -0.947. The van der Waals surface area contributed by atoms with Crippen molar-refractivity contribution < 1.29 is 13.2 Å². The molecule has 0 spiro atoms. The number of H-pyrrole nitrogens is 1. The van der Waals surface area contributed by atoms with Crippen molar-refractivity contribution in [1.29, 1.82) is 0 Å². The minimum Gasteiger partial charge on any atom is -0.302 e. The Labute approximate surface area is 207 Å². The van der Waals surface area contributed by atoms with E-state index in [2.05, 4.69) is 9.88 Å². The molecule has 2 aromatic carbocycles. The number of nitrogens with zero attached hydrogens (tertiary/aromatic N) is 2. The second-order valence-corrected chi connectivity index (χ2v) is 9.53. The Kier molecular flexibility index (Phi) is 6.72. The zero-order valence-electron chi connectivity index (χ0n) is 19.3. The van der Waals surface area contributed by atoms with Gasteiger partial charge in [-0.15, -0.1) is 12.4 Å². The molecule has 0 unspecified atom stereocenters. The number of aromatic nitrogens is 2. The molecule has 1 saturated heterocycles. The summed E-state index contributed by atoms with van der Waals surface area (Å²) in [5, 5.41) is 0. The van der Waals surface area contributed by atoms with Crippen molar-refractivity contribution in [1.82, 2.24) is 14.5 Å². The number of hydrogen-bond acceptors (Lipinski definition) is 3. The molecule has 5 rings (SSSR count). The molecule has 1 aliphatic carbocycles. The first-order valence-corrected chi connectivity index (χ1v) is 11.5. The summed E-state index contributed by atoms with van der Waals surface area (Å²) in [7, 11) is 0. The number of rotatable bonds is 6. The molecule has 2 heterocycles. The summed E-state index contributed by atoms with van der Waals surface area (Å²) in [5.74, 6) is 0.465. The average Bonchev–Trinajstić information content (AvgIpc) is 3.37. The second kappa shape index (κ2) is 9.32. The summed E-state index contributed by atoms with van der Waals surface area (Å²) in [4.78, 5) is 29.5. The van der Waals surface area contributed by atoms with Gasteiger partial charge in [0.25, 0.3) is 5.56 Å². The van der Waals surface area contributed by atoms with E-state index in [9.17, 15) is 22.8 Å². The Balaban J connectivity index is 0.00000289. The Morgan fingerprint density at radius 3 is 2.43 bits per heavy atom. The second-order valence-electron chi connectivity index (χ2n) is 9.53. The number of alkyl halides is 3. The average molecular weight is 506 g/mol. The molecule has 5 nitrogen and oxygen atoms in total. The van der Waals surface area contributed by atoms with Gasteiger partial charge in [0.1, 0.15) is 0 Å². The molecule has 9 heteroatoms. The van der Waals surface area contributed by atoms with Crippen molar-refractivity contribution >= 4 is 12.4 Å². The maximum absolute atomic E-state index is 12.9. The normalized spacial score (nSPS) is 21.4. The molecule has 3 aromatic rings. The number of aromatic amines is 1. The van der Waals surface area contributed by atoms with Crippen LogP contribution in [0.3, 0.4) is 0 Å². The van der Waals surface area contributed by atoms with Crippen molar-refractivity contribution in [3.8, 4) is 11.1 Å². The van der Waals surface area contributed by atoms with Crippen molar-refractivity contribution in [2.24, 2.45) is 5.92 Å². The predicted molar refractivity (Wildman–Crippen MR) is 131 cm³/mol. The minimum atomic E-state index is -4.32. The molecule has 35 heavy (non-hydrogen) atoms. The zero-order chi connectivity index (χ0) is 24.1. The standard InChI is InChI=1S/C26H26F3N3O2.ClH/c1-17-5-2-3-6-21(17)22-15-32(24(34)30-23(22)33)12-4-11-31-14-20-13-25(20,16-31)18-7-9-19(10-8-18)26(27,28)29;/h2-3,5-10,15,20H,4,11-14,16H2,1H3,(H,30,33,34);1H/t20-,25+;/m0./s1. The molecule has 2 fully saturated rings. The lowest BCUT2D eigenvalue weighted by Crippen LogP contribution is -2.32. The quantitative estimate of drug-likeness (QED) is 0.532. The molecule has 1 aromatic heterocycles. The molecule has 1 aliphatic heterocycles. The van der Waals surface area contributed by atoms with Gasteiger partial charge in [-0.2, -0.15) is 13.2 Å². The third-order valence-corrected chi connectivity index (χ3v) is 7.32. The fourth-order valence-electron chi connectivity index (χ4n) is 5.40. The van der Waals surface area contributed by atoms with Crippen molar-refractivity contribution in [2.75, 3.05) is 19.6 Å². The number of fused-ring (bicyclic) bond motifs is 1. The van der Waals surface area contributed by atoms with Gasteiger partial charge in [-0.1, -0.05) is 36.4 Å². The highest BCUT2D eigenvalue weighted by atomic mass is 35.5. The Hall–Kier alpha value is -2.84. The van der Waals surface area contributed by atoms with Crippen molar-refractivity contribution in [3.63, 3.8) is 0 Å². The van der Waals surface area contributed by atoms with Crippen LogP contribution >= 0.6 is 12.4 Å². The highest BCUT2D eigenvalue weighted by Gasteiger charge is 2.60. The smallest absolute Gasteiger partial charge is 0.302 e. The Morgan fingerprint density at radius 2 is 1.74 bits per heavy atom. The fourth-order valence-corrected chi connectivity index (χ4v) is 5.40. The van der Waals surface area contributed by atoms with Gasteiger partial charge in [0.15, 0.2) is 0 Å². The van der Waals surface area contributed by atoms with Gasteiger partial charge in [-0.05, 0) is 61.1 Å². The van der Waals surface area contributed by atoms with Crippen molar-refractivity contribution in [2.45, 2.75) is 37.9 Å². The van der Waals surface area contributed by atoms with Crippen LogP contribution in [0.25, 0.3) is 11.1 Å². The number of benzene rings is 2. The van der Waals surface area contributed by atoms with Crippen LogP contribution < -0.4 is 11.2 Å². The molecule has 2 aliphatic rings. The molecule has 0 radical (unpaired) electrons. The Morgan fingerprint density at radius 1 is 1.03 bits per heavy atom. The van der Waals surface area contributed by atoms with Crippen molar-refractivity contribution in [3.05, 3.63) is 92.3 Å². The number of halogens is 4. The number of nitrogens with one attached hydrogen (secondary N) is 1. The minimum absolute atomic E-state index is 0. The summed E-state index contributed by atoms with van der Waals surface area (Å²) in [6, 6.07) is 13.2.